The zero-order valence-electron chi connectivity index (χ0n) is 16.1. The summed E-state index contributed by atoms with van der Waals surface area (Å²) in [5.41, 5.74) is 5.06. The first-order valence-electron chi connectivity index (χ1n) is 9.82. The molecule has 0 aliphatic carbocycles. The van der Waals surface area contributed by atoms with Crippen LogP contribution >= 0.6 is 11.3 Å². The van der Waals surface area contributed by atoms with Crippen molar-refractivity contribution in [3.05, 3.63) is 76.7 Å². The summed E-state index contributed by atoms with van der Waals surface area (Å²) in [5.74, 6) is 0.171. The van der Waals surface area contributed by atoms with E-state index in [0.717, 1.165) is 30.5 Å². The number of rotatable bonds is 5. The Kier molecular flexibility index (Phi) is 6.00. The molecule has 4 rings (SSSR count). The van der Waals surface area contributed by atoms with E-state index in [9.17, 15) is 9.59 Å². The SMILES string of the molecule is O=C(NC[C@H]1CCCN(C(=O)c2cscn2)C1)c1ccc(-c2ccccc2)cc1. The summed E-state index contributed by atoms with van der Waals surface area (Å²) in [6.07, 6.45) is 1.95. The topological polar surface area (TPSA) is 62.3 Å². The van der Waals surface area contributed by atoms with Crippen molar-refractivity contribution in [3.8, 4) is 11.1 Å². The fraction of sp³-hybridized carbons (Fsp3) is 0.261. The van der Waals surface area contributed by atoms with Gasteiger partial charge in [-0.1, -0.05) is 42.5 Å². The average Bonchev–Trinajstić information content (AvgIpc) is 3.33. The molecule has 0 bridgehead atoms. The Labute approximate surface area is 174 Å². The van der Waals surface area contributed by atoms with Crippen LogP contribution in [0.4, 0.5) is 0 Å². The first kappa shape index (κ1) is 19.3. The van der Waals surface area contributed by atoms with Crippen molar-refractivity contribution in [3.63, 3.8) is 0 Å². The number of carbonyl (C=O) groups excluding carboxylic acids is 2. The molecular formula is C23H23N3O2S. The van der Waals surface area contributed by atoms with Gasteiger partial charge in [0.2, 0.25) is 0 Å². The van der Waals surface area contributed by atoms with E-state index < -0.39 is 0 Å². The minimum atomic E-state index is -0.0763. The fourth-order valence-corrected chi connectivity index (χ4v) is 4.21. The molecule has 1 atom stereocenters. The molecule has 1 fully saturated rings. The second-order valence-electron chi connectivity index (χ2n) is 7.29. The number of aromatic nitrogens is 1. The van der Waals surface area contributed by atoms with Crippen LogP contribution in [0.2, 0.25) is 0 Å². The molecule has 2 heterocycles. The number of hydrogen-bond acceptors (Lipinski definition) is 4. The molecule has 0 spiro atoms. The smallest absolute Gasteiger partial charge is 0.273 e. The second-order valence-corrected chi connectivity index (χ2v) is 8.01. The summed E-state index contributed by atoms with van der Waals surface area (Å²) < 4.78 is 0. The molecule has 1 aliphatic rings. The molecule has 6 heteroatoms. The van der Waals surface area contributed by atoms with Gasteiger partial charge in [-0.2, -0.15) is 0 Å². The van der Waals surface area contributed by atoms with Crippen molar-refractivity contribution in [2.75, 3.05) is 19.6 Å². The molecule has 1 saturated heterocycles. The van der Waals surface area contributed by atoms with Gasteiger partial charge in [0.15, 0.2) is 0 Å². The van der Waals surface area contributed by atoms with Crippen LogP contribution < -0.4 is 5.32 Å². The van der Waals surface area contributed by atoms with Crippen molar-refractivity contribution in [1.82, 2.24) is 15.2 Å². The van der Waals surface area contributed by atoms with E-state index in [4.69, 9.17) is 0 Å². The molecule has 0 radical (unpaired) electrons. The van der Waals surface area contributed by atoms with Crippen LogP contribution in [-0.4, -0.2) is 41.3 Å². The van der Waals surface area contributed by atoms with Crippen LogP contribution in [0.3, 0.4) is 0 Å². The highest BCUT2D eigenvalue weighted by atomic mass is 32.1. The largest absolute Gasteiger partial charge is 0.352 e. The predicted molar refractivity (Wildman–Crippen MR) is 115 cm³/mol. The number of benzene rings is 2. The number of amides is 2. The first-order valence-corrected chi connectivity index (χ1v) is 10.8. The molecule has 29 heavy (non-hydrogen) atoms. The number of likely N-dealkylation sites (tertiary alicyclic amines) is 1. The highest BCUT2D eigenvalue weighted by Gasteiger charge is 2.25. The van der Waals surface area contributed by atoms with Crippen LogP contribution in [0, 0.1) is 5.92 Å². The zero-order valence-corrected chi connectivity index (χ0v) is 16.9. The lowest BCUT2D eigenvalue weighted by molar-refractivity contribution is 0.0666. The van der Waals surface area contributed by atoms with Gasteiger partial charge >= 0.3 is 0 Å². The van der Waals surface area contributed by atoms with E-state index in [1.54, 1.807) is 10.9 Å². The van der Waals surface area contributed by atoms with E-state index >= 15 is 0 Å². The molecule has 0 saturated carbocycles. The zero-order chi connectivity index (χ0) is 20.1. The normalized spacial score (nSPS) is 16.4. The van der Waals surface area contributed by atoms with Crippen LogP contribution in [0.15, 0.2) is 65.5 Å². The Bertz CT molecular complexity index is 956. The quantitative estimate of drug-likeness (QED) is 0.695. The summed E-state index contributed by atoms with van der Waals surface area (Å²) in [5, 5.41) is 4.82. The number of thiazole rings is 1. The van der Waals surface area contributed by atoms with Gasteiger partial charge in [-0.3, -0.25) is 9.59 Å². The van der Waals surface area contributed by atoms with Gasteiger partial charge in [0.1, 0.15) is 5.69 Å². The van der Waals surface area contributed by atoms with E-state index in [-0.39, 0.29) is 17.7 Å². The van der Waals surface area contributed by atoms with E-state index in [0.29, 0.717) is 24.3 Å². The molecular weight excluding hydrogens is 382 g/mol. The lowest BCUT2D eigenvalue weighted by Gasteiger charge is -2.32. The maximum Gasteiger partial charge on any atom is 0.273 e. The van der Waals surface area contributed by atoms with Gasteiger partial charge in [0.25, 0.3) is 11.8 Å². The number of nitrogens with zero attached hydrogens (tertiary/aromatic N) is 2. The van der Waals surface area contributed by atoms with Crippen molar-refractivity contribution in [2.45, 2.75) is 12.8 Å². The standard InChI is InChI=1S/C23H23N3O2S/c27-22(20-10-8-19(9-11-20)18-6-2-1-3-7-18)24-13-17-5-4-12-26(14-17)23(28)21-15-29-16-25-21/h1-3,6-11,15-17H,4-5,12-14H2,(H,24,27)/t17-/m1/s1. The monoisotopic (exact) mass is 405 g/mol. The average molecular weight is 406 g/mol. The summed E-state index contributed by atoms with van der Waals surface area (Å²) in [4.78, 5) is 31.0. The Balaban J connectivity index is 1.31. The van der Waals surface area contributed by atoms with Gasteiger partial charge in [-0.05, 0) is 42.0 Å². The van der Waals surface area contributed by atoms with Crippen LogP contribution in [-0.2, 0) is 0 Å². The molecule has 1 N–H and O–H groups in total. The highest BCUT2D eigenvalue weighted by molar-refractivity contribution is 7.07. The van der Waals surface area contributed by atoms with Crippen LogP contribution in [0.5, 0.6) is 0 Å². The summed E-state index contributed by atoms with van der Waals surface area (Å²) >= 11 is 1.43. The third kappa shape index (κ3) is 4.71. The minimum absolute atomic E-state index is 0.0150. The summed E-state index contributed by atoms with van der Waals surface area (Å²) in [6, 6.07) is 17.8. The van der Waals surface area contributed by atoms with Gasteiger partial charge in [0.05, 0.1) is 5.51 Å². The van der Waals surface area contributed by atoms with Crippen molar-refractivity contribution >= 4 is 23.2 Å². The van der Waals surface area contributed by atoms with Gasteiger partial charge in [-0.25, -0.2) is 4.98 Å². The highest BCUT2D eigenvalue weighted by Crippen LogP contribution is 2.20. The third-order valence-corrected chi connectivity index (χ3v) is 5.85. The summed E-state index contributed by atoms with van der Waals surface area (Å²) in [7, 11) is 0. The number of carbonyl (C=O) groups is 2. The first-order chi connectivity index (χ1) is 14.2. The van der Waals surface area contributed by atoms with Gasteiger partial charge < -0.3 is 10.2 Å². The Hall–Kier alpha value is -2.99. The van der Waals surface area contributed by atoms with E-state index in [1.165, 1.54) is 11.3 Å². The van der Waals surface area contributed by atoms with Gasteiger partial charge in [0, 0.05) is 30.6 Å². The Morgan fingerprint density at radius 3 is 2.55 bits per heavy atom. The number of piperidine rings is 1. The minimum Gasteiger partial charge on any atom is -0.352 e. The van der Waals surface area contributed by atoms with Crippen LogP contribution in [0.1, 0.15) is 33.7 Å². The third-order valence-electron chi connectivity index (χ3n) is 5.26. The molecule has 0 unspecified atom stereocenters. The van der Waals surface area contributed by atoms with E-state index in [2.05, 4.69) is 22.4 Å². The van der Waals surface area contributed by atoms with Crippen molar-refractivity contribution in [1.29, 1.82) is 0 Å². The lowest BCUT2D eigenvalue weighted by atomic mass is 9.97. The Morgan fingerprint density at radius 2 is 1.83 bits per heavy atom. The molecule has 1 aromatic heterocycles. The number of hydrogen-bond donors (Lipinski definition) is 1. The number of nitrogens with one attached hydrogen (secondary N) is 1. The van der Waals surface area contributed by atoms with Crippen molar-refractivity contribution < 1.29 is 9.59 Å². The molecule has 1 aliphatic heterocycles. The van der Waals surface area contributed by atoms with Crippen LogP contribution in [0.25, 0.3) is 11.1 Å². The molecule has 5 nitrogen and oxygen atoms in total. The Morgan fingerprint density at radius 1 is 1.07 bits per heavy atom. The molecule has 148 valence electrons. The lowest BCUT2D eigenvalue weighted by Crippen LogP contribution is -2.43. The van der Waals surface area contributed by atoms with Crippen molar-refractivity contribution in [2.24, 2.45) is 5.92 Å². The van der Waals surface area contributed by atoms with Gasteiger partial charge in [-0.15, -0.1) is 11.3 Å². The molecule has 2 amide bonds. The molecule has 3 aromatic rings. The summed E-state index contributed by atoms with van der Waals surface area (Å²) in [6.45, 7) is 1.98. The predicted octanol–water partition coefficient (Wildman–Crippen LogP) is 4.09. The maximum absolute atomic E-state index is 12.5. The van der Waals surface area contributed by atoms with E-state index in [1.807, 2.05) is 47.4 Å². The maximum atomic E-state index is 12.5. The second kappa shape index (κ2) is 9.01. The molecule has 2 aromatic carbocycles. The fourth-order valence-electron chi connectivity index (χ4n) is 3.68.